The maximum absolute atomic E-state index is 13.2. The molecule has 2 N–H and O–H groups in total. The van der Waals surface area contributed by atoms with Crippen LogP contribution in [0.5, 0.6) is 0 Å². The Kier molecular flexibility index (Phi) is 4.85. The first kappa shape index (κ1) is 19.1. The van der Waals surface area contributed by atoms with Crippen LogP contribution in [0.3, 0.4) is 0 Å². The summed E-state index contributed by atoms with van der Waals surface area (Å²) >= 11 is 0. The SMILES string of the molecule is Cc1cccnc1[C@H]1Nc2ccccc2C(=O)N1NC(=O)c1ccc([N+](=O)[O-])cc1. The number of carbonyl (C=O) groups is 2. The van der Waals surface area contributed by atoms with Gasteiger partial charge in [0.2, 0.25) is 0 Å². The quantitative estimate of drug-likeness (QED) is 0.510. The Morgan fingerprint density at radius 2 is 1.87 bits per heavy atom. The van der Waals surface area contributed by atoms with Gasteiger partial charge in [-0.25, -0.2) is 5.01 Å². The molecule has 2 aromatic carbocycles. The van der Waals surface area contributed by atoms with Crippen LogP contribution in [0, 0.1) is 17.0 Å². The minimum absolute atomic E-state index is 0.127. The molecular formula is C21H17N5O4. The highest BCUT2D eigenvalue weighted by molar-refractivity contribution is 6.04. The summed E-state index contributed by atoms with van der Waals surface area (Å²) in [7, 11) is 0. The van der Waals surface area contributed by atoms with Crippen molar-refractivity contribution in [3.8, 4) is 0 Å². The Morgan fingerprint density at radius 1 is 1.13 bits per heavy atom. The molecule has 2 heterocycles. The molecule has 0 radical (unpaired) electrons. The molecule has 0 saturated carbocycles. The number of pyridine rings is 1. The van der Waals surface area contributed by atoms with Crippen LogP contribution in [0.2, 0.25) is 0 Å². The molecule has 3 aromatic rings. The van der Waals surface area contributed by atoms with Gasteiger partial charge in [-0.2, -0.15) is 0 Å². The number of benzene rings is 2. The molecular weight excluding hydrogens is 386 g/mol. The van der Waals surface area contributed by atoms with E-state index < -0.39 is 22.9 Å². The molecule has 0 spiro atoms. The lowest BCUT2D eigenvalue weighted by Crippen LogP contribution is -2.53. The molecule has 30 heavy (non-hydrogen) atoms. The van der Waals surface area contributed by atoms with Crippen molar-refractivity contribution in [2.45, 2.75) is 13.1 Å². The predicted molar refractivity (Wildman–Crippen MR) is 109 cm³/mol. The maximum Gasteiger partial charge on any atom is 0.276 e. The van der Waals surface area contributed by atoms with Crippen molar-refractivity contribution in [2.24, 2.45) is 0 Å². The molecule has 0 bridgehead atoms. The average molecular weight is 403 g/mol. The molecule has 9 heteroatoms. The number of non-ortho nitro benzene ring substituents is 1. The van der Waals surface area contributed by atoms with Gasteiger partial charge in [-0.3, -0.25) is 30.1 Å². The smallest absolute Gasteiger partial charge is 0.276 e. The van der Waals surface area contributed by atoms with Crippen LogP contribution in [0.1, 0.15) is 38.1 Å². The van der Waals surface area contributed by atoms with Crippen molar-refractivity contribution < 1.29 is 14.5 Å². The first-order chi connectivity index (χ1) is 14.5. The summed E-state index contributed by atoms with van der Waals surface area (Å²) in [6, 6.07) is 15.8. The van der Waals surface area contributed by atoms with Gasteiger partial charge in [0.25, 0.3) is 17.5 Å². The topological polar surface area (TPSA) is 117 Å². The molecule has 150 valence electrons. The van der Waals surface area contributed by atoms with E-state index in [-0.39, 0.29) is 11.3 Å². The number of anilines is 1. The van der Waals surface area contributed by atoms with Crippen LogP contribution in [-0.4, -0.2) is 26.7 Å². The number of rotatable bonds is 4. The number of aryl methyl sites for hydroxylation is 1. The molecule has 1 aliphatic heterocycles. The van der Waals surface area contributed by atoms with Gasteiger partial charge < -0.3 is 5.32 Å². The number of carbonyl (C=O) groups excluding carboxylic acids is 2. The Labute approximate surface area is 171 Å². The van der Waals surface area contributed by atoms with E-state index in [1.165, 1.54) is 29.3 Å². The molecule has 0 aliphatic carbocycles. The molecule has 0 unspecified atom stereocenters. The van der Waals surface area contributed by atoms with Crippen molar-refractivity contribution >= 4 is 23.2 Å². The van der Waals surface area contributed by atoms with E-state index in [4.69, 9.17) is 0 Å². The van der Waals surface area contributed by atoms with Gasteiger partial charge in [0, 0.05) is 29.6 Å². The van der Waals surface area contributed by atoms with E-state index in [2.05, 4.69) is 15.7 Å². The minimum atomic E-state index is -0.726. The molecule has 2 amide bonds. The second kappa shape index (κ2) is 7.63. The average Bonchev–Trinajstić information content (AvgIpc) is 2.76. The highest BCUT2D eigenvalue weighted by Crippen LogP contribution is 2.32. The van der Waals surface area contributed by atoms with Gasteiger partial charge >= 0.3 is 0 Å². The van der Waals surface area contributed by atoms with E-state index in [0.717, 1.165) is 5.56 Å². The summed E-state index contributed by atoms with van der Waals surface area (Å²) in [5, 5.41) is 15.3. The highest BCUT2D eigenvalue weighted by Gasteiger charge is 2.35. The van der Waals surface area contributed by atoms with Gasteiger partial charge in [0.1, 0.15) is 0 Å². The van der Waals surface area contributed by atoms with Crippen LogP contribution in [0.4, 0.5) is 11.4 Å². The maximum atomic E-state index is 13.2. The largest absolute Gasteiger partial charge is 0.358 e. The van der Waals surface area contributed by atoms with E-state index in [0.29, 0.717) is 16.9 Å². The lowest BCUT2D eigenvalue weighted by atomic mass is 10.1. The number of nitro groups is 1. The van der Waals surface area contributed by atoms with E-state index in [1.54, 1.807) is 30.5 Å². The zero-order chi connectivity index (χ0) is 21.3. The predicted octanol–water partition coefficient (Wildman–Crippen LogP) is 3.21. The third-order valence-corrected chi connectivity index (χ3v) is 4.80. The normalized spacial score (nSPS) is 15.2. The molecule has 0 saturated heterocycles. The Morgan fingerprint density at radius 3 is 2.57 bits per heavy atom. The van der Waals surface area contributed by atoms with Gasteiger partial charge in [0.15, 0.2) is 6.17 Å². The fourth-order valence-electron chi connectivity index (χ4n) is 3.25. The number of para-hydroxylation sites is 1. The van der Waals surface area contributed by atoms with Crippen LogP contribution in [-0.2, 0) is 0 Å². The van der Waals surface area contributed by atoms with Crippen molar-refractivity contribution in [3.63, 3.8) is 0 Å². The van der Waals surface area contributed by atoms with Crippen molar-refractivity contribution in [1.82, 2.24) is 15.4 Å². The number of hydrogen-bond acceptors (Lipinski definition) is 6. The summed E-state index contributed by atoms with van der Waals surface area (Å²) < 4.78 is 0. The van der Waals surface area contributed by atoms with Gasteiger partial charge in [-0.1, -0.05) is 18.2 Å². The summed E-state index contributed by atoms with van der Waals surface area (Å²) in [4.78, 5) is 40.6. The third-order valence-electron chi connectivity index (χ3n) is 4.80. The second-order valence-corrected chi connectivity index (χ2v) is 6.72. The monoisotopic (exact) mass is 403 g/mol. The minimum Gasteiger partial charge on any atom is -0.358 e. The number of hydrazine groups is 1. The van der Waals surface area contributed by atoms with E-state index in [9.17, 15) is 19.7 Å². The van der Waals surface area contributed by atoms with Crippen LogP contribution >= 0.6 is 0 Å². The zero-order valence-corrected chi connectivity index (χ0v) is 15.9. The number of hydrogen-bond donors (Lipinski definition) is 2. The fraction of sp³-hybridized carbons (Fsp3) is 0.0952. The molecule has 1 aliphatic rings. The second-order valence-electron chi connectivity index (χ2n) is 6.72. The fourth-order valence-corrected chi connectivity index (χ4v) is 3.25. The number of nitrogens with one attached hydrogen (secondary N) is 2. The van der Waals surface area contributed by atoms with Gasteiger partial charge in [-0.15, -0.1) is 0 Å². The van der Waals surface area contributed by atoms with E-state index >= 15 is 0 Å². The van der Waals surface area contributed by atoms with Crippen molar-refractivity contribution in [2.75, 3.05) is 5.32 Å². The standard InChI is InChI=1S/C21H17N5O4/c1-13-5-4-12-22-18(13)19-23-17-7-3-2-6-16(17)21(28)25(19)24-20(27)14-8-10-15(11-9-14)26(29)30/h2-12,19,23H,1H3,(H,24,27)/t19-/m0/s1. The first-order valence-electron chi connectivity index (χ1n) is 9.12. The van der Waals surface area contributed by atoms with E-state index in [1.807, 2.05) is 19.1 Å². The molecule has 1 atom stereocenters. The molecule has 9 nitrogen and oxygen atoms in total. The molecule has 4 rings (SSSR count). The highest BCUT2D eigenvalue weighted by atomic mass is 16.6. The lowest BCUT2D eigenvalue weighted by Gasteiger charge is -2.37. The number of aromatic nitrogens is 1. The third kappa shape index (κ3) is 3.44. The molecule has 1 aromatic heterocycles. The zero-order valence-electron chi connectivity index (χ0n) is 15.9. The Balaban J connectivity index is 1.69. The Hall–Kier alpha value is -4.27. The van der Waals surface area contributed by atoms with Crippen LogP contribution in [0.25, 0.3) is 0 Å². The number of nitrogens with zero attached hydrogens (tertiary/aromatic N) is 3. The summed E-state index contributed by atoms with van der Waals surface area (Å²) in [6.45, 7) is 1.87. The molecule has 0 fully saturated rings. The summed E-state index contributed by atoms with van der Waals surface area (Å²) in [5.41, 5.74) is 5.16. The van der Waals surface area contributed by atoms with Gasteiger partial charge in [-0.05, 0) is 42.8 Å². The van der Waals surface area contributed by atoms with Crippen LogP contribution < -0.4 is 10.7 Å². The lowest BCUT2D eigenvalue weighted by molar-refractivity contribution is -0.384. The Bertz CT molecular complexity index is 1150. The number of nitro benzene ring substituents is 1. The number of amides is 2. The van der Waals surface area contributed by atoms with Crippen LogP contribution in [0.15, 0.2) is 66.9 Å². The van der Waals surface area contributed by atoms with Gasteiger partial charge in [0.05, 0.1) is 16.2 Å². The summed E-state index contributed by atoms with van der Waals surface area (Å²) in [6.07, 6.45) is 0.890. The van der Waals surface area contributed by atoms with Crippen molar-refractivity contribution in [3.05, 3.63) is 99.4 Å². The van der Waals surface area contributed by atoms with Crippen molar-refractivity contribution in [1.29, 1.82) is 0 Å². The first-order valence-corrected chi connectivity index (χ1v) is 9.12. The summed E-state index contributed by atoms with van der Waals surface area (Å²) in [5.74, 6) is -0.965. The number of fused-ring (bicyclic) bond motifs is 1.